The van der Waals surface area contributed by atoms with Crippen molar-refractivity contribution in [3.8, 4) is 0 Å². The molecule has 0 nitrogen and oxygen atoms in total. The van der Waals surface area contributed by atoms with Crippen LogP contribution in [0.25, 0.3) is 0 Å². The van der Waals surface area contributed by atoms with Crippen LogP contribution in [0.5, 0.6) is 0 Å². The monoisotopic (exact) mass is 110 g/mol. The fourth-order valence-corrected chi connectivity index (χ4v) is 0.134. The Balaban J connectivity index is 0. The van der Waals surface area contributed by atoms with E-state index in [-0.39, 0.29) is 6.67 Å². The van der Waals surface area contributed by atoms with Gasteiger partial charge in [0.05, 0.1) is 13.9 Å². The number of unbranched alkanes of at least 4 members (excludes halogenated alkanes) is 1. The maximum Gasteiger partial charge on any atom is 0.0894 e. The van der Waals surface area contributed by atoms with E-state index in [4.69, 9.17) is 0 Å². The minimum atomic E-state index is -0.156. The van der Waals surface area contributed by atoms with Crippen LogP contribution in [0.4, 0.5) is 8.78 Å². The maximum atomic E-state index is 11.0. The Hall–Kier alpha value is -0.140. The number of hydrogen-bond acceptors (Lipinski definition) is 0. The van der Waals surface area contributed by atoms with Gasteiger partial charge in [-0.25, -0.2) is 0 Å². The third kappa shape index (κ3) is 25.2. The molecule has 2 heteroatoms. The quantitative estimate of drug-likeness (QED) is 0.511. The lowest BCUT2D eigenvalue weighted by Gasteiger charge is -1.76. The molecule has 0 aromatic carbocycles. The van der Waals surface area contributed by atoms with Gasteiger partial charge in [-0.05, 0) is 6.42 Å². The second-order valence-electron chi connectivity index (χ2n) is 1.04. The molecule has 46 valence electrons. The van der Waals surface area contributed by atoms with E-state index in [9.17, 15) is 8.78 Å². The van der Waals surface area contributed by atoms with Gasteiger partial charge in [0.25, 0.3) is 0 Å². The Kier molecular flexibility index (Phi) is 24.1. The molecular weight excluding hydrogens is 98.1 g/mol. The minimum absolute atomic E-state index is 0.156. The van der Waals surface area contributed by atoms with Crippen LogP contribution in [0.3, 0.4) is 0 Å². The maximum absolute atomic E-state index is 11.0. The summed E-state index contributed by atoms with van der Waals surface area (Å²) in [6, 6.07) is 0. The molecule has 0 aliphatic carbocycles. The predicted molar refractivity (Wildman–Crippen MR) is 27.9 cm³/mol. The molecule has 0 unspecified atom stereocenters. The van der Waals surface area contributed by atoms with E-state index in [0.717, 1.165) is 12.8 Å². The fraction of sp³-hybridized carbons (Fsp3) is 1.00. The second-order valence-corrected chi connectivity index (χ2v) is 1.04. The van der Waals surface area contributed by atoms with E-state index in [1.807, 2.05) is 6.92 Å². The minimum Gasteiger partial charge on any atom is -0.255 e. The van der Waals surface area contributed by atoms with Gasteiger partial charge in [0.15, 0.2) is 0 Å². The summed E-state index contributed by atoms with van der Waals surface area (Å²) in [5.41, 5.74) is 0. The van der Waals surface area contributed by atoms with Gasteiger partial charge in [-0.1, -0.05) is 13.3 Å². The summed E-state index contributed by atoms with van der Waals surface area (Å²) in [5.74, 6) is 0. The number of rotatable bonds is 2. The third-order valence-corrected chi connectivity index (χ3v) is 0.487. The summed E-state index contributed by atoms with van der Waals surface area (Å²) in [4.78, 5) is 0. The van der Waals surface area contributed by atoms with Gasteiger partial charge in [0.2, 0.25) is 0 Å². The molecule has 0 bridgehead atoms. The van der Waals surface area contributed by atoms with E-state index in [2.05, 4.69) is 0 Å². The lowest BCUT2D eigenvalue weighted by atomic mass is 10.4. The average Bonchev–Trinajstić information content (AvgIpc) is 1.75. The highest BCUT2D eigenvalue weighted by atomic mass is 19.1. The SMILES string of the molecule is CCCCF.CF. The third-order valence-electron chi connectivity index (χ3n) is 0.487. The molecule has 0 atom stereocenters. The molecule has 0 saturated heterocycles. The van der Waals surface area contributed by atoms with Crippen LogP contribution in [0.1, 0.15) is 19.8 Å². The summed E-state index contributed by atoms with van der Waals surface area (Å²) in [5, 5.41) is 0. The first-order chi connectivity index (χ1) is 3.41. The fourth-order valence-electron chi connectivity index (χ4n) is 0.134. The second kappa shape index (κ2) is 16.9. The first-order valence-electron chi connectivity index (χ1n) is 2.35. The van der Waals surface area contributed by atoms with Crippen LogP contribution in [-0.2, 0) is 0 Å². The number of alkyl halides is 2. The van der Waals surface area contributed by atoms with Crippen LogP contribution >= 0.6 is 0 Å². The molecule has 7 heavy (non-hydrogen) atoms. The molecular formula is C5H12F2. The van der Waals surface area contributed by atoms with E-state index >= 15 is 0 Å². The number of hydrogen-bond donors (Lipinski definition) is 0. The van der Waals surface area contributed by atoms with Gasteiger partial charge < -0.3 is 0 Å². The van der Waals surface area contributed by atoms with Gasteiger partial charge in [-0.3, -0.25) is 8.78 Å². The molecule has 0 rings (SSSR count). The highest BCUT2D eigenvalue weighted by Gasteiger charge is 1.71. The van der Waals surface area contributed by atoms with Crippen molar-refractivity contribution in [3.63, 3.8) is 0 Å². The molecule has 0 N–H and O–H groups in total. The summed E-state index contributed by atoms with van der Waals surface area (Å²) in [7, 11) is 0.500. The standard InChI is InChI=1S/C4H9F.CH3F/c1-2-3-4-5;1-2/h2-4H2,1H3;1H3. The van der Waals surface area contributed by atoms with Gasteiger partial charge >= 0.3 is 0 Å². The summed E-state index contributed by atoms with van der Waals surface area (Å²) in [6.07, 6.45) is 1.69. The normalized spacial score (nSPS) is 6.86. The van der Waals surface area contributed by atoms with Crippen molar-refractivity contribution >= 4 is 0 Å². The van der Waals surface area contributed by atoms with Crippen molar-refractivity contribution in [2.75, 3.05) is 13.9 Å². The highest BCUT2D eigenvalue weighted by molar-refractivity contribution is 4.23. The molecule has 0 saturated carbocycles. The van der Waals surface area contributed by atoms with E-state index in [0.29, 0.717) is 7.18 Å². The first-order valence-corrected chi connectivity index (χ1v) is 2.35. The molecule has 0 aliphatic rings. The van der Waals surface area contributed by atoms with Gasteiger partial charge in [0.1, 0.15) is 0 Å². The molecule has 0 aliphatic heterocycles. The van der Waals surface area contributed by atoms with Gasteiger partial charge in [-0.2, -0.15) is 0 Å². The van der Waals surface area contributed by atoms with Crippen molar-refractivity contribution in [2.24, 2.45) is 0 Å². The van der Waals surface area contributed by atoms with Crippen LogP contribution in [-0.4, -0.2) is 13.9 Å². The molecule has 0 aromatic heterocycles. The van der Waals surface area contributed by atoms with Crippen molar-refractivity contribution in [1.29, 1.82) is 0 Å². The predicted octanol–water partition coefficient (Wildman–Crippen LogP) is 2.34. The van der Waals surface area contributed by atoms with E-state index in [1.165, 1.54) is 0 Å². The largest absolute Gasteiger partial charge is 0.255 e. The zero-order valence-corrected chi connectivity index (χ0v) is 4.88. The van der Waals surface area contributed by atoms with Crippen molar-refractivity contribution < 1.29 is 8.78 Å². The Morgan fingerprint density at radius 1 is 1.29 bits per heavy atom. The van der Waals surface area contributed by atoms with E-state index in [1.54, 1.807) is 0 Å². The smallest absolute Gasteiger partial charge is 0.0894 e. The van der Waals surface area contributed by atoms with Crippen molar-refractivity contribution in [3.05, 3.63) is 0 Å². The van der Waals surface area contributed by atoms with Crippen LogP contribution in [0.2, 0.25) is 0 Å². The van der Waals surface area contributed by atoms with E-state index < -0.39 is 0 Å². The molecule has 0 spiro atoms. The summed E-state index contributed by atoms with van der Waals surface area (Å²) < 4.78 is 20.5. The molecule has 0 heterocycles. The Labute approximate surface area is 43.5 Å². The van der Waals surface area contributed by atoms with Crippen molar-refractivity contribution in [1.82, 2.24) is 0 Å². The van der Waals surface area contributed by atoms with Crippen molar-refractivity contribution in [2.45, 2.75) is 19.8 Å². The Morgan fingerprint density at radius 2 is 1.71 bits per heavy atom. The molecule has 0 aromatic rings. The lowest BCUT2D eigenvalue weighted by Crippen LogP contribution is -1.67. The molecule has 0 amide bonds. The number of halogens is 2. The Bertz CT molecular complexity index is 13.6. The first kappa shape index (κ1) is 9.97. The van der Waals surface area contributed by atoms with Crippen LogP contribution in [0.15, 0.2) is 0 Å². The van der Waals surface area contributed by atoms with Gasteiger partial charge in [-0.15, -0.1) is 0 Å². The van der Waals surface area contributed by atoms with Crippen LogP contribution < -0.4 is 0 Å². The van der Waals surface area contributed by atoms with Gasteiger partial charge in [0, 0.05) is 0 Å². The zero-order valence-electron chi connectivity index (χ0n) is 4.88. The zero-order chi connectivity index (χ0) is 6.12. The molecule has 0 fully saturated rings. The summed E-state index contributed by atoms with van der Waals surface area (Å²) >= 11 is 0. The highest BCUT2D eigenvalue weighted by Crippen LogP contribution is 1.83. The lowest BCUT2D eigenvalue weighted by molar-refractivity contribution is 0.469. The molecule has 0 radical (unpaired) electrons. The summed E-state index contributed by atoms with van der Waals surface area (Å²) in [6.45, 7) is 1.82. The van der Waals surface area contributed by atoms with Crippen LogP contribution in [0, 0.1) is 0 Å². The average molecular weight is 110 g/mol. The Morgan fingerprint density at radius 3 is 1.71 bits per heavy atom. The topological polar surface area (TPSA) is 0 Å².